The SMILES string of the molecule is CCN(CC)CCCNCc1ccc2c(c1)CCCN2C. The Bertz CT molecular complexity index is 426. The van der Waals surface area contributed by atoms with Crippen LogP contribution in [0.4, 0.5) is 5.69 Å². The zero-order valence-corrected chi connectivity index (χ0v) is 14.0. The Morgan fingerprint density at radius 1 is 1.24 bits per heavy atom. The van der Waals surface area contributed by atoms with Crippen LogP contribution in [-0.2, 0) is 13.0 Å². The zero-order valence-electron chi connectivity index (χ0n) is 14.0. The first kappa shape index (κ1) is 16.3. The molecule has 0 saturated carbocycles. The molecule has 0 atom stereocenters. The third-order valence-electron chi connectivity index (χ3n) is 4.55. The van der Waals surface area contributed by atoms with Gasteiger partial charge in [-0.2, -0.15) is 0 Å². The lowest BCUT2D eigenvalue weighted by atomic mass is 9.99. The van der Waals surface area contributed by atoms with Gasteiger partial charge in [0.1, 0.15) is 0 Å². The number of anilines is 1. The molecule has 0 radical (unpaired) electrons. The maximum atomic E-state index is 3.58. The third-order valence-corrected chi connectivity index (χ3v) is 4.55. The second-order valence-electron chi connectivity index (χ2n) is 6.05. The Balaban J connectivity index is 1.74. The van der Waals surface area contributed by atoms with E-state index < -0.39 is 0 Å². The van der Waals surface area contributed by atoms with Crippen LogP contribution in [0, 0.1) is 0 Å². The molecule has 1 aromatic rings. The molecule has 21 heavy (non-hydrogen) atoms. The molecule has 1 aliphatic heterocycles. The Morgan fingerprint density at radius 2 is 2.05 bits per heavy atom. The van der Waals surface area contributed by atoms with E-state index in [2.05, 4.69) is 54.2 Å². The van der Waals surface area contributed by atoms with Crippen molar-refractivity contribution in [3.05, 3.63) is 29.3 Å². The van der Waals surface area contributed by atoms with E-state index >= 15 is 0 Å². The van der Waals surface area contributed by atoms with Crippen LogP contribution in [0.5, 0.6) is 0 Å². The molecule has 118 valence electrons. The fourth-order valence-corrected chi connectivity index (χ4v) is 3.15. The van der Waals surface area contributed by atoms with Gasteiger partial charge in [-0.3, -0.25) is 0 Å². The molecule has 0 aliphatic carbocycles. The molecule has 1 aliphatic rings. The van der Waals surface area contributed by atoms with Crippen molar-refractivity contribution in [2.45, 2.75) is 39.7 Å². The highest BCUT2D eigenvalue weighted by Crippen LogP contribution is 2.26. The fraction of sp³-hybridized carbons (Fsp3) is 0.667. The predicted octanol–water partition coefficient (Wildman–Crippen LogP) is 2.89. The maximum Gasteiger partial charge on any atom is 0.0396 e. The molecule has 0 aromatic heterocycles. The van der Waals surface area contributed by atoms with E-state index in [9.17, 15) is 0 Å². The summed E-state index contributed by atoms with van der Waals surface area (Å²) in [5.41, 5.74) is 4.37. The number of rotatable bonds is 8. The number of benzene rings is 1. The standard InChI is InChI=1S/C18H31N3/c1-4-21(5-2)13-7-11-19-15-16-9-10-18-17(14-16)8-6-12-20(18)3/h9-10,14,19H,4-8,11-13,15H2,1-3H3. The van der Waals surface area contributed by atoms with Gasteiger partial charge in [0.25, 0.3) is 0 Å². The summed E-state index contributed by atoms with van der Waals surface area (Å²) in [6.45, 7) is 11.3. The molecule has 1 heterocycles. The highest BCUT2D eigenvalue weighted by Gasteiger charge is 2.13. The minimum atomic E-state index is 0.995. The fourth-order valence-electron chi connectivity index (χ4n) is 3.15. The number of hydrogen-bond acceptors (Lipinski definition) is 3. The van der Waals surface area contributed by atoms with E-state index in [4.69, 9.17) is 0 Å². The number of nitrogens with zero attached hydrogens (tertiary/aromatic N) is 2. The van der Waals surface area contributed by atoms with Gasteiger partial charge in [-0.15, -0.1) is 0 Å². The zero-order chi connectivity index (χ0) is 15.1. The highest BCUT2D eigenvalue weighted by atomic mass is 15.1. The number of nitrogens with one attached hydrogen (secondary N) is 1. The van der Waals surface area contributed by atoms with Crippen molar-refractivity contribution in [2.75, 3.05) is 44.7 Å². The molecule has 1 aromatic carbocycles. The maximum absolute atomic E-state index is 3.58. The summed E-state index contributed by atoms with van der Waals surface area (Å²) in [5, 5.41) is 3.58. The van der Waals surface area contributed by atoms with E-state index in [0.29, 0.717) is 0 Å². The van der Waals surface area contributed by atoms with Crippen molar-refractivity contribution >= 4 is 5.69 Å². The molecule has 1 N–H and O–H groups in total. The number of hydrogen-bond donors (Lipinski definition) is 1. The van der Waals surface area contributed by atoms with Crippen molar-refractivity contribution in [3.8, 4) is 0 Å². The minimum absolute atomic E-state index is 0.995. The third kappa shape index (κ3) is 4.72. The smallest absolute Gasteiger partial charge is 0.0396 e. The second-order valence-corrected chi connectivity index (χ2v) is 6.05. The van der Waals surface area contributed by atoms with Gasteiger partial charge in [-0.05, 0) is 62.6 Å². The quantitative estimate of drug-likeness (QED) is 0.742. The van der Waals surface area contributed by atoms with Crippen LogP contribution in [-0.4, -0.2) is 44.7 Å². The van der Waals surface area contributed by atoms with Crippen LogP contribution in [0.15, 0.2) is 18.2 Å². The molecule has 0 bridgehead atoms. The summed E-state index contributed by atoms with van der Waals surface area (Å²) < 4.78 is 0. The van der Waals surface area contributed by atoms with Gasteiger partial charge >= 0.3 is 0 Å². The van der Waals surface area contributed by atoms with Gasteiger partial charge in [-0.1, -0.05) is 26.0 Å². The molecule has 0 unspecified atom stereocenters. The lowest BCUT2D eigenvalue weighted by Crippen LogP contribution is -2.27. The first-order chi connectivity index (χ1) is 10.2. The predicted molar refractivity (Wildman–Crippen MR) is 92.1 cm³/mol. The second kappa shape index (κ2) is 8.40. The first-order valence-corrected chi connectivity index (χ1v) is 8.50. The van der Waals surface area contributed by atoms with Crippen molar-refractivity contribution < 1.29 is 0 Å². The van der Waals surface area contributed by atoms with Crippen molar-refractivity contribution in [1.82, 2.24) is 10.2 Å². The van der Waals surface area contributed by atoms with Crippen LogP contribution < -0.4 is 10.2 Å². The summed E-state index contributed by atoms with van der Waals surface area (Å²) in [6.07, 6.45) is 3.75. The van der Waals surface area contributed by atoms with Gasteiger partial charge in [0.2, 0.25) is 0 Å². The lowest BCUT2D eigenvalue weighted by molar-refractivity contribution is 0.298. The molecule has 2 rings (SSSR count). The topological polar surface area (TPSA) is 18.5 Å². The molecule has 0 fully saturated rings. The largest absolute Gasteiger partial charge is 0.374 e. The van der Waals surface area contributed by atoms with E-state index in [1.54, 1.807) is 0 Å². The van der Waals surface area contributed by atoms with Gasteiger partial charge in [0, 0.05) is 25.8 Å². The van der Waals surface area contributed by atoms with E-state index in [0.717, 1.165) is 26.2 Å². The van der Waals surface area contributed by atoms with Crippen molar-refractivity contribution in [1.29, 1.82) is 0 Å². The summed E-state index contributed by atoms with van der Waals surface area (Å²) in [4.78, 5) is 4.86. The lowest BCUT2D eigenvalue weighted by Gasteiger charge is -2.27. The van der Waals surface area contributed by atoms with E-state index in [1.807, 2.05) is 0 Å². The highest BCUT2D eigenvalue weighted by molar-refractivity contribution is 5.56. The van der Waals surface area contributed by atoms with Crippen molar-refractivity contribution in [2.24, 2.45) is 0 Å². The Morgan fingerprint density at radius 3 is 2.81 bits per heavy atom. The Hall–Kier alpha value is -1.06. The molecular weight excluding hydrogens is 258 g/mol. The monoisotopic (exact) mass is 289 g/mol. The minimum Gasteiger partial charge on any atom is -0.374 e. The van der Waals surface area contributed by atoms with Crippen LogP contribution in [0.25, 0.3) is 0 Å². The summed E-state index contributed by atoms with van der Waals surface area (Å²) in [6, 6.07) is 6.96. The number of fused-ring (bicyclic) bond motifs is 1. The summed E-state index contributed by atoms with van der Waals surface area (Å²) in [5.74, 6) is 0. The van der Waals surface area contributed by atoms with Gasteiger partial charge in [-0.25, -0.2) is 0 Å². The number of aryl methyl sites for hydroxylation is 1. The van der Waals surface area contributed by atoms with Crippen LogP contribution >= 0.6 is 0 Å². The van der Waals surface area contributed by atoms with Crippen LogP contribution in [0.3, 0.4) is 0 Å². The van der Waals surface area contributed by atoms with E-state index in [-0.39, 0.29) is 0 Å². The average molecular weight is 289 g/mol. The van der Waals surface area contributed by atoms with Gasteiger partial charge in [0.15, 0.2) is 0 Å². The van der Waals surface area contributed by atoms with E-state index in [1.165, 1.54) is 49.2 Å². The molecule has 3 heteroatoms. The molecular formula is C18H31N3. The van der Waals surface area contributed by atoms with Crippen LogP contribution in [0.1, 0.15) is 37.8 Å². The molecule has 0 saturated heterocycles. The normalized spacial score (nSPS) is 14.6. The summed E-state index contributed by atoms with van der Waals surface area (Å²) in [7, 11) is 2.20. The molecule has 0 amide bonds. The molecule has 0 spiro atoms. The van der Waals surface area contributed by atoms with Gasteiger partial charge < -0.3 is 15.1 Å². The Labute approximate surface area is 130 Å². The Kier molecular flexibility index (Phi) is 6.52. The van der Waals surface area contributed by atoms with Gasteiger partial charge in [0.05, 0.1) is 0 Å². The molecule has 3 nitrogen and oxygen atoms in total. The van der Waals surface area contributed by atoms with Crippen molar-refractivity contribution in [3.63, 3.8) is 0 Å². The summed E-state index contributed by atoms with van der Waals surface area (Å²) >= 11 is 0. The van der Waals surface area contributed by atoms with Crippen LogP contribution in [0.2, 0.25) is 0 Å². The average Bonchev–Trinajstić information content (AvgIpc) is 2.51. The first-order valence-electron chi connectivity index (χ1n) is 8.50.